The average Bonchev–Trinajstić information content (AvgIpc) is 2.44. The van der Waals surface area contributed by atoms with E-state index in [1.807, 2.05) is 18.2 Å². The van der Waals surface area contributed by atoms with E-state index in [2.05, 4.69) is 17.4 Å². The summed E-state index contributed by atoms with van der Waals surface area (Å²) < 4.78 is 26.3. The van der Waals surface area contributed by atoms with Gasteiger partial charge in [-0.25, -0.2) is 8.78 Å². The predicted octanol–water partition coefficient (Wildman–Crippen LogP) is 3.69. The Labute approximate surface area is 112 Å². The third-order valence-electron chi connectivity index (χ3n) is 3.01. The van der Waals surface area contributed by atoms with Crippen molar-refractivity contribution in [1.82, 2.24) is 5.32 Å². The highest BCUT2D eigenvalue weighted by molar-refractivity contribution is 5.18. The molecule has 2 rings (SSSR count). The van der Waals surface area contributed by atoms with Gasteiger partial charge in [0.2, 0.25) is 0 Å². The van der Waals surface area contributed by atoms with Gasteiger partial charge in [0.15, 0.2) is 11.6 Å². The molecule has 0 fully saturated rings. The molecule has 0 heterocycles. The summed E-state index contributed by atoms with van der Waals surface area (Å²) in [5, 5.41) is 3.13. The van der Waals surface area contributed by atoms with Gasteiger partial charge >= 0.3 is 0 Å². The first-order chi connectivity index (χ1) is 9.27. The molecule has 0 aliphatic carbocycles. The molecular weight excluding hydrogens is 244 g/mol. The fourth-order valence-corrected chi connectivity index (χ4v) is 1.97. The minimum absolute atomic E-state index is 0.360. The highest BCUT2D eigenvalue weighted by Crippen LogP contribution is 2.10. The van der Waals surface area contributed by atoms with Crippen molar-refractivity contribution >= 4 is 0 Å². The Bertz CT molecular complexity index is 511. The van der Waals surface area contributed by atoms with Crippen LogP contribution in [0.15, 0.2) is 48.5 Å². The minimum Gasteiger partial charge on any atom is -0.313 e. The number of halogens is 2. The van der Waals surface area contributed by atoms with Crippen LogP contribution in [0, 0.1) is 11.6 Å². The Morgan fingerprint density at radius 3 is 2.47 bits per heavy atom. The smallest absolute Gasteiger partial charge is 0.163 e. The molecule has 0 atom stereocenters. The van der Waals surface area contributed by atoms with E-state index in [0.717, 1.165) is 25.5 Å². The first-order valence-corrected chi connectivity index (χ1v) is 6.45. The molecule has 0 unspecified atom stereocenters. The van der Waals surface area contributed by atoms with Crippen LogP contribution in [0.25, 0.3) is 0 Å². The second kappa shape index (κ2) is 7.00. The van der Waals surface area contributed by atoms with Gasteiger partial charge in [0.25, 0.3) is 0 Å². The van der Waals surface area contributed by atoms with Gasteiger partial charge in [-0.3, -0.25) is 0 Å². The maximum atomic E-state index is 13.4. The maximum absolute atomic E-state index is 13.4. The van der Waals surface area contributed by atoms with E-state index in [0.29, 0.717) is 12.1 Å². The zero-order valence-electron chi connectivity index (χ0n) is 10.7. The van der Waals surface area contributed by atoms with Crippen molar-refractivity contribution in [3.63, 3.8) is 0 Å². The van der Waals surface area contributed by atoms with E-state index in [1.165, 1.54) is 11.6 Å². The fraction of sp³-hybridized carbons (Fsp3) is 0.250. The van der Waals surface area contributed by atoms with Gasteiger partial charge in [-0.05, 0) is 31.0 Å². The minimum atomic E-state index is -0.788. The lowest BCUT2D eigenvalue weighted by Crippen LogP contribution is -2.16. The Morgan fingerprint density at radius 1 is 0.895 bits per heavy atom. The summed E-state index contributed by atoms with van der Waals surface area (Å²) in [7, 11) is 0. The molecule has 0 radical (unpaired) electrons. The van der Waals surface area contributed by atoms with Crippen LogP contribution in [0.5, 0.6) is 0 Å². The molecule has 1 nitrogen and oxygen atoms in total. The van der Waals surface area contributed by atoms with Crippen LogP contribution in [-0.2, 0) is 13.0 Å². The predicted molar refractivity (Wildman–Crippen MR) is 72.8 cm³/mol. The molecule has 0 saturated carbocycles. The first kappa shape index (κ1) is 13.7. The second-order valence-electron chi connectivity index (χ2n) is 4.48. The molecule has 0 spiro atoms. The fourth-order valence-electron chi connectivity index (χ4n) is 1.97. The summed E-state index contributed by atoms with van der Waals surface area (Å²) in [6, 6.07) is 14.5. The molecule has 1 N–H and O–H groups in total. The number of aryl methyl sites for hydroxylation is 1. The van der Waals surface area contributed by atoms with E-state index in [4.69, 9.17) is 0 Å². The number of benzene rings is 2. The third kappa shape index (κ3) is 4.14. The molecule has 0 aliphatic rings. The third-order valence-corrected chi connectivity index (χ3v) is 3.01. The molecule has 0 amide bonds. The lowest BCUT2D eigenvalue weighted by molar-refractivity contribution is 0.492. The van der Waals surface area contributed by atoms with Gasteiger partial charge in [-0.2, -0.15) is 0 Å². The Hall–Kier alpha value is -1.74. The lowest BCUT2D eigenvalue weighted by atomic mass is 10.1. The summed E-state index contributed by atoms with van der Waals surface area (Å²) in [5.41, 5.74) is 1.67. The molecule has 0 aliphatic heterocycles. The number of hydrogen-bond donors (Lipinski definition) is 1. The highest BCUT2D eigenvalue weighted by Gasteiger charge is 2.06. The largest absolute Gasteiger partial charge is 0.313 e. The van der Waals surface area contributed by atoms with Crippen LogP contribution in [0.3, 0.4) is 0 Å². The summed E-state index contributed by atoms with van der Waals surface area (Å²) in [4.78, 5) is 0. The van der Waals surface area contributed by atoms with Crippen LogP contribution in [0.4, 0.5) is 8.78 Å². The van der Waals surface area contributed by atoms with E-state index in [-0.39, 0.29) is 0 Å². The molecule has 19 heavy (non-hydrogen) atoms. The monoisotopic (exact) mass is 261 g/mol. The summed E-state index contributed by atoms with van der Waals surface area (Å²) in [6.07, 6.45) is 1.96. The van der Waals surface area contributed by atoms with E-state index in [1.54, 1.807) is 6.07 Å². The van der Waals surface area contributed by atoms with Crippen molar-refractivity contribution < 1.29 is 8.78 Å². The van der Waals surface area contributed by atoms with Gasteiger partial charge < -0.3 is 5.32 Å². The zero-order valence-corrected chi connectivity index (χ0v) is 10.7. The standard InChI is InChI=1S/C16H17F2N/c17-15-10-4-9-14(16(15)18)12-19-11-5-8-13-6-2-1-3-7-13/h1-4,6-7,9-10,19H,5,8,11-12H2. The van der Waals surface area contributed by atoms with Crippen molar-refractivity contribution in [3.05, 3.63) is 71.3 Å². The van der Waals surface area contributed by atoms with Crippen LogP contribution < -0.4 is 5.32 Å². The maximum Gasteiger partial charge on any atom is 0.163 e. The topological polar surface area (TPSA) is 12.0 Å². The van der Waals surface area contributed by atoms with Crippen LogP contribution in [0.2, 0.25) is 0 Å². The highest BCUT2D eigenvalue weighted by atomic mass is 19.2. The zero-order chi connectivity index (χ0) is 13.5. The number of nitrogens with one attached hydrogen (secondary N) is 1. The lowest BCUT2D eigenvalue weighted by Gasteiger charge is -2.06. The molecule has 100 valence electrons. The first-order valence-electron chi connectivity index (χ1n) is 6.45. The average molecular weight is 261 g/mol. The SMILES string of the molecule is Fc1cccc(CNCCCc2ccccc2)c1F. The molecule has 2 aromatic carbocycles. The van der Waals surface area contributed by atoms with Gasteiger partial charge in [0, 0.05) is 12.1 Å². The summed E-state index contributed by atoms with van der Waals surface area (Å²) >= 11 is 0. The Balaban J connectivity index is 1.71. The summed E-state index contributed by atoms with van der Waals surface area (Å²) in [6.45, 7) is 1.14. The van der Waals surface area contributed by atoms with Gasteiger partial charge in [0.05, 0.1) is 0 Å². The van der Waals surface area contributed by atoms with Gasteiger partial charge in [-0.15, -0.1) is 0 Å². The van der Waals surface area contributed by atoms with Crippen molar-refractivity contribution in [2.75, 3.05) is 6.54 Å². The van der Waals surface area contributed by atoms with Crippen molar-refractivity contribution in [2.45, 2.75) is 19.4 Å². The van der Waals surface area contributed by atoms with E-state index in [9.17, 15) is 8.78 Å². The van der Waals surface area contributed by atoms with Crippen molar-refractivity contribution in [2.24, 2.45) is 0 Å². The quantitative estimate of drug-likeness (QED) is 0.782. The van der Waals surface area contributed by atoms with Gasteiger partial charge in [0.1, 0.15) is 0 Å². The molecule has 3 heteroatoms. The van der Waals surface area contributed by atoms with Crippen molar-refractivity contribution in [3.8, 4) is 0 Å². The summed E-state index contributed by atoms with van der Waals surface area (Å²) in [5.74, 6) is -1.54. The molecule has 2 aromatic rings. The normalized spacial score (nSPS) is 10.6. The van der Waals surface area contributed by atoms with Crippen LogP contribution in [0.1, 0.15) is 17.5 Å². The van der Waals surface area contributed by atoms with Crippen LogP contribution >= 0.6 is 0 Å². The molecular formula is C16H17F2N. The van der Waals surface area contributed by atoms with E-state index >= 15 is 0 Å². The number of hydrogen-bond acceptors (Lipinski definition) is 1. The Kier molecular flexibility index (Phi) is 5.04. The molecule has 0 bridgehead atoms. The molecule has 0 saturated heterocycles. The molecule has 0 aromatic heterocycles. The van der Waals surface area contributed by atoms with Gasteiger partial charge in [-0.1, -0.05) is 42.5 Å². The second-order valence-corrected chi connectivity index (χ2v) is 4.48. The van der Waals surface area contributed by atoms with E-state index < -0.39 is 11.6 Å². The Morgan fingerprint density at radius 2 is 1.68 bits per heavy atom. The van der Waals surface area contributed by atoms with Crippen LogP contribution in [-0.4, -0.2) is 6.54 Å². The van der Waals surface area contributed by atoms with Crippen molar-refractivity contribution in [1.29, 1.82) is 0 Å². The number of rotatable bonds is 6.